The minimum Gasteiger partial charge on any atom is -0.317 e. The summed E-state index contributed by atoms with van der Waals surface area (Å²) in [4.78, 5) is 21.9. The van der Waals surface area contributed by atoms with Crippen LogP contribution in [-0.4, -0.2) is 24.7 Å². The average molecular weight is 293 g/mol. The van der Waals surface area contributed by atoms with Gasteiger partial charge in [0.1, 0.15) is 0 Å². The summed E-state index contributed by atoms with van der Waals surface area (Å²) < 4.78 is 0. The number of piperidine rings is 1. The molecule has 1 fully saturated rings. The zero-order chi connectivity index (χ0) is 16.3. The Kier molecular flexibility index (Phi) is 10.8. The van der Waals surface area contributed by atoms with Gasteiger partial charge in [0.2, 0.25) is 0 Å². The lowest BCUT2D eigenvalue weighted by Gasteiger charge is -2.25. The predicted molar refractivity (Wildman–Crippen MR) is 89.3 cm³/mol. The van der Waals surface area contributed by atoms with E-state index in [1.165, 1.54) is 38.9 Å². The molecule has 0 saturated carbocycles. The fraction of sp³-hybridized carbons (Fsp3) is 0.667. The molecule has 0 aromatic rings. The van der Waals surface area contributed by atoms with E-state index in [9.17, 15) is 9.59 Å². The molecule has 0 bridgehead atoms. The van der Waals surface area contributed by atoms with Gasteiger partial charge >= 0.3 is 0 Å². The quantitative estimate of drug-likeness (QED) is 0.621. The number of carbonyl (C=O) groups is 2. The second kappa shape index (κ2) is 11.4. The van der Waals surface area contributed by atoms with Crippen molar-refractivity contribution in [2.75, 3.05) is 13.1 Å². The molecule has 120 valence electrons. The van der Waals surface area contributed by atoms with Crippen LogP contribution in [0.25, 0.3) is 0 Å². The molecule has 0 atom stereocenters. The smallest absolute Gasteiger partial charge is 0.159 e. The van der Waals surface area contributed by atoms with Crippen molar-refractivity contribution < 1.29 is 9.59 Å². The first-order valence-corrected chi connectivity index (χ1v) is 8.01. The molecule has 0 spiro atoms. The van der Waals surface area contributed by atoms with Crippen molar-refractivity contribution in [2.45, 2.75) is 53.9 Å². The van der Waals surface area contributed by atoms with Crippen LogP contribution in [0.4, 0.5) is 0 Å². The van der Waals surface area contributed by atoms with Crippen LogP contribution in [0.2, 0.25) is 0 Å². The Hall–Kier alpha value is -1.22. The molecule has 1 heterocycles. The first kappa shape index (κ1) is 19.8. The van der Waals surface area contributed by atoms with Gasteiger partial charge in [-0.25, -0.2) is 0 Å². The van der Waals surface area contributed by atoms with Crippen LogP contribution in [-0.2, 0) is 9.59 Å². The average Bonchev–Trinajstić information content (AvgIpc) is 2.48. The Bertz CT molecular complexity index is 375. The van der Waals surface area contributed by atoms with E-state index in [0.717, 1.165) is 11.8 Å². The minimum absolute atomic E-state index is 0.0155. The van der Waals surface area contributed by atoms with Gasteiger partial charge in [0.05, 0.1) is 0 Å². The van der Waals surface area contributed by atoms with Crippen LogP contribution in [0.15, 0.2) is 23.8 Å². The fourth-order valence-electron chi connectivity index (χ4n) is 2.23. The van der Waals surface area contributed by atoms with E-state index in [0.29, 0.717) is 12.0 Å². The summed E-state index contributed by atoms with van der Waals surface area (Å²) in [6.07, 6.45) is 8.00. The number of allylic oxidation sites excluding steroid dienone is 4. The number of hydrogen-bond acceptors (Lipinski definition) is 3. The Balaban J connectivity index is 0.000000394. The summed E-state index contributed by atoms with van der Waals surface area (Å²) in [6, 6.07) is 0. The van der Waals surface area contributed by atoms with Gasteiger partial charge in [0, 0.05) is 12.0 Å². The molecule has 0 aromatic carbocycles. The van der Waals surface area contributed by atoms with E-state index in [2.05, 4.69) is 19.2 Å². The van der Waals surface area contributed by atoms with Crippen molar-refractivity contribution in [1.82, 2.24) is 5.32 Å². The second-order valence-electron chi connectivity index (χ2n) is 5.81. The van der Waals surface area contributed by atoms with Gasteiger partial charge in [0.25, 0.3) is 0 Å². The van der Waals surface area contributed by atoms with Crippen molar-refractivity contribution in [3.05, 3.63) is 23.8 Å². The van der Waals surface area contributed by atoms with Crippen LogP contribution in [0.3, 0.4) is 0 Å². The first-order valence-electron chi connectivity index (χ1n) is 8.01. The van der Waals surface area contributed by atoms with Gasteiger partial charge in [-0.2, -0.15) is 0 Å². The van der Waals surface area contributed by atoms with Crippen LogP contribution in [0.1, 0.15) is 53.9 Å². The molecule has 0 radical (unpaired) electrons. The topological polar surface area (TPSA) is 46.2 Å². The van der Waals surface area contributed by atoms with Crippen molar-refractivity contribution in [1.29, 1.82) is 0 Å². The fourth-order valence-corrected chi connectivity index (χ4v) is 2.23. The lowest BCUT2D eigenvalue weighted by atomic mass is 9.87. The highest BCUT2D eigenvalue weighted by Gasteiger charge is 2.15. The van der Waals surface area contributed by atoms with Crippen molar-refractivity contribution in [2.24, 2.45) is 11.8 Å². The zero-order valence-electron chi connectivity index (χ0n) is 14.2. The monoisotopic (exact) mass is 293 g/mol. The largest absolute Gasteiger partial charge is 0.317 e. The van der Waals surface area contributed by atoms with Crippen LogP contribution in [0, 0.1) is 11.8 Å². The molecule has 21 heavy (non-hydrogen) atoms. The molecule has 1 aliphatic heterocycles. The number of ketones is 2. The summed E-state index contributed by atoms with van der Waals surface area (Å²) in [5.41, 5.74) is 0.476. The molecule has 0 aliphatic carbocycles. The third-order valence-electron chi connectivity index (χ3n) is 3.74. The second-order valence-corrected chi connectivity index (χ2v) is 5.81. The maximum atomic E-state index is 10.9. The van der Waals surface area contributed by atoms with Gasteiger partial charge in [-0.15, -0.1) is 0 Å². The van der Waals surface area contributed by atoms with Crippen LogP contribution >= 0.6 is 0 Å². The van der Waals surface area contributed by atoms with Crippen molar-refractivity contribution >= 4 is 11.6 Å². The molecule has 0 amide bonds. The predicted octanol–water partition coefficient (Wildman–Crippen LogP) is 3.70. The maximum Gasteiger partial charge on any atom is 0.159 e. The van der Waals surface area contributed by atoms with Gasteiger partial charge in [-0.05, 0) is 57.7 Å². The summed E-state index contributed by atoms with van der Waals surface area (Å²) >= 11 is 0. The highest BCUT2D eigenvalue weighted by Crippen LogP contribution is 2.20. The molecular formula is C18H31NO2. The summed E-state index contributed by atoms with van der Waals surface area (Å²) in [7, 11) is 0. The normalized spacial score (nSPS) is 16.8. The van der Waals surface area contributed by atoms with E-state index < -0.39 is 0 Å². The van der Waals surface area contributed by atoms with E-state index in [1.807, 2.05) is 6.92 Å². The Labute approximate surface area is 129 Å². The highest BCUT2D eigenvalue weighted by atomic mass is 16.1. The first-order chi connectivity index (χ1) is 9.92. The van der Waals surface area contributed by atoms with Gasteiger partial charge in [-0.3, -0.25) is 9.59 Å². The van der Waals surface area contributed by atoms with Gasteiger partial charge < -0.3 is 5.32 Å². The number of nitrogens with one attached hydrogen (secondary N) is 1. The SMILES string of the molecule is C/C=C\C(=C/C(=O)CC)C(C)=O.CC(C)C1CCNCC1. The van der Waals surface area contributed by atoms with E-state index in [-0.39, 0.29) is 11.6 Å². The number of carbonyl (C=O) groups excluding carboxylic acids is 2. The minimum atomic E-state index is -0.0742. The molecule has 1 saturated heterocycles. The van der Waals surface area contributed by atoms with Gasteiger partial charge in [-0.1, -0.05) is 32.9 Å². The molecule has 1 rings (SSSR count). The van der Waals surface area contributed by atoms with E-state index >= 15 is 0 Å². The zero-order valence-corrected chi connectivity index (χ0v) is 14.2. The third-order valence-corrected chi connectivity index (χ3v) is 3.74. The number of hydrogen-bond donors (Lipinski definition) is 1. The van der Waals surface area contributed by atoms with Crippen molar-refractivity contribution in [3.63, 3.8) is 0 Å². The molecule has 3 heteroatoms. The Morgan fingerprint density at radius 2 is 1.81 bits per heavy atom. The molecule has 0 aromatic heterocycles. The van der Waals surface area contributed by atoms with Crippen molar-refractivity contribution in [3.8, 4) is 0 Å². The number of Topliss-reactive ketones (excluding diaryl/α,β-unsaturated/α-hetero) is 1. The maximum absolute atomic E-state index is 10.9. The summed E-state index contributed by atoms with van der Waals surface area (Å²) in [5.74, 6) is 1.80. The van der Waals surface area contributed by atoms with Crippen LogP contribution in [0.5, 0.6) is 0 Å². The standard InChI is InChI=1S/C10H14O2.C8H17N/c1-4-6-9(8(3)11)7-10(12)5-2;1-7(2)8-3-5-9-6-4-8/h4,6-7H,5H2,1-3H3;7-9H,3-6H2,1-2H3/b6-4-,9-7+;. The van der Waals surface area contributed by atoms with Crippen LogP contribution < -0.4 is 5.32 Å². The lowest BCUT2D eigenvalue weighted by Crippen LogP contribution is -2.29. The summed E-state index contributed by atoms with van der Waals surface area (Å²) in [5, 5.41) is 3.37. The third kappa shape index (κ3) is 9.35. The molecule has 3 nitrogen and oxygen atoms in total. The molecule has 1 N–H and O–H groups in total. The highest BCUT2D eigenvalue weighted by molar-refractivity contribution is 6.03. The van der Waals surface area contributed by atoms with E-state index in [4.69, 9.17) is 0 Å². The molecule has 0 unspecified atom stereocenters. The van der Waals surface area contributed by atoms with E-state index in [1.54, 1.807) is 19.1 Å². The summed E-state index contributed by atoms with van der Waals surface area (Å²) in [6.45, 7) is 12.2. The molecule has 1 aliphatic rings. The number of rotatable bonds is 5. The molecular weight excluding hydrogens is 262 g/mol. The van der Waals surface area contributed by atoms with Gasteiger partial charge in [0.15, 0.2) is 11.6 Å². The Morgan fingerprint density at radius 1 is 1.24 bits per heavy atom. The Morgan fingerprint density at radius 3 is 2.14 bits per heavy atom. The lowest BCUT2D eigenvalue weighted by molar-refractivity contribution is -0.116.